The van der Waals surface area contributed by atoms with Crippen molar-refractivity contribution in [2.75, 3.05) is 51.1 Å². The first kappa shape index (κ1) is 18.2. The molecule has 1 aliphatic heterocycles. The van der Waals surface area contributed by atoms with Gasteiger partial charge in [0, 0.05) is 70.1 Å². The van der Waals surface area contributed by atoms with Gasteiger partial charge in [0.1, 0.15) is 0 Å². The van der Waals surface area contributed by atoms with Crippen molar-refractivity contribution in [2.24, 2.45) is 0 Å². The Morgan fingerprint density at radius 1 is 1.21 bits per heavy atom. The van der Waals surface area contributed by atoms with Gasteiger partial charge in [-0.15, -0.1) is 0 Å². The lowest BCUT2D eigenvalue weighted by Crippen LogP contribution is -2.46. The minimum absolute atomic E-state index is 0.0654. The molecule has 1 fully saturated rings. The zero-order valence-corrected chi connectivity index (χ0v) is 13.8. The fourth-order valence-electron chi connectivity index (χ4n) is 2.56. The molecule has 8 nitrogen and oxygen atoms in total. The Morgan fingerprint density at radius 2 is 1.92 bits per heavy atom. The molecule has 132 valence electrons. The summed E-state index contributed by atoms with van der Waals surface area (Å²) in [7, 11) is 0. The molecular formula is C16H25N5O3. The quantitative estimate of drug-likeness (QED) is 0.351. The van der Waals surface area contributed by atoms with Crippen molar-refractivity contribution in [3.8, 4) is 0 Å². The highest BCUT2D eigenvalue weighted by Crippen LogP contribution is 2.15. The van der Waals surface area contributed by atoms with Crippen LogP contribution in [0, 0.1) is 10.1 Å². The number of nitrogens with one attached hydrogen (secondary N) is 3. The summed E-state index contributed by atoms with van der Waals surface area (Å²) in [6.07, 6.45) is 1.19. The van der Waals surface area contributed by atoms with Gasteiger partial charge >= 0.3 is 0 Å². The molecule has 8 heteroatoms. The fraction of sp³-hybridized carbons (Fsp3) is 0.562. The van der Waals surface area contributed by atoms with Gasteiger partial charge in [0.25, 0.3) is 5.69 Å². The largest absolute Gasteiger partial charge is 0.385 e. The normalized spacial score (nSPS) is 15.0. The van der Waals surface area contributed by atoms with Crippen LogP contribution in [-0.2, 0) is 4.79 Å². The molecule has 0 radical (unpaired) electrons. The molecule has 0 aromatic heterocycles. The van der Waals surface area contributed by atoms with Crippen molar-refractivity contribution < 1.29 is 9.72 Å². The summed E-state index contributed by atoms with van der Waals surface area (Å²) >= 11 is 0. The lowest BCUT2D eigenvalue weighted by molar-refractivity contribution is -0.384. The van der Waals surface area contributed by atoms with E-state index in [4.69, 9.17) is 0 Å². The molecule has 0 saturated carbocycles. The monoisotopic (exact) mass is 335 g/mol. The maximum Gasteiger partial charge on any atom is 0.269 e. The molecule has 1 amide bonds. The molecule has 1 aromatic carbocycles. The number of nitro benzene ring substituents is 1. The Bertz CT molecular complexity index is 529. The number of carbonyl (C=O) groups excluding carboxylic acids is 1. The maximum absolute atomic E-state index is 11.8. The summed E-state index contributed by atoms with van der Waals surface area (Å²) in [5.74, 6) is 0.0654. The van der Waals surface area contributed by atoms with Crippen molar-refractivity contribution >= 4 is 17.3 Å². The summed E-state index contributed by atoms with van der Waals surface area (Å²) in [4.78, 5) is 24.3. The number of carbonyl (C=O) groups is 1. The van der Waals surface area contributed by atoms with E-state index in [0.29, 0.717) is 19.5 Å². The van der Waals surface area contributed by atoms with Gasteiger partial charge in [0.15, 0.2) is 0 Å². The number of piperazine rings is 1. The molecule has 1 aliphatic rings. The number of non-ortho nitro benzene ring substituents is 1. The van der Waals surface area contributed by atoms with Crippen LogP contribution in [0.4, 0.5) is 11.4 Å². The topological polar surface area (TPSA) is 99.5 Å². The Kier molecular flexibility index (Phi) is 7.44. The standard InChI is InChI=1S/C16H25N5O3/c22-16(19-10-13-20-11-8-17-9-12-20)2-1-7-18-14-3-5-15(6-4-14)21(23)24/h3-6,17-18H,1-2,7-13H2,(H,19,22). The number of nitrogens with zero attached hydrogens (tertiary/aromatic N) is 2. The lowest BCUT2D eigenvalue weighted by atomic mass is 10.2. The van der Waals surface area contributed by atoms with E-state index in [1.54, 1.807) is 12.1 Å². The molecular weight excluding hydrogens is 310 g/mol. The zero-order valence-electron chi connectivity index (χ0n) is 13.8. The van der Waals surface area contributed by atoms with Crippen LogP contribution in [-0.4, -0.2) is 61.5 Å². The van der Waals surface area contributed by atoms with E-state index in [9.17, 15) is 14.9 Å². The average molecular weight is 335 g/mol. The smallest absolute Gasteiger partial charge is 0.269 e. The number of benzene rings is 1. The molecule has 0 spiro atoms. The highest BCUT2D eigenvalue weighted by molar-refractivity contribution is 5.75. The van der Waals surface area contributed by atoms with Crippen LogP contribution in [0.3, 0.4) is 0 Å². The van der Waals surface area contributed by atoms with Crippen molar-refractivity contribution in [1.82, 2.24) is 15.5 Å². The SMILES string of the molecule is O=C(CCCNc1ccc([N+](=O)[O-])cc1)NCCN1CCNCC1. The second kappa shape index (κ2) is 9.84. The molecule has 0 aliphatic carbocycles. The second-order valence-electron chi connectivity index (χ2n) is 5.78. The number of rotatable bonds is 9. The van der Waals surface area contributed by atoms with Gasteiger partial charge in [-0.2, -0.15) is 0 Å². The third kappa shape index (κ3) is 6.51. The van der Waals surface area contributed by atoms with E-state index in [1.165, 1.54) is 12.1 Å². The fourth-order valence-corrected chi connectivity index (χ4v) is 2.56. The summed E-state index contributed by atoms with van der Waals surface area (Å²) < 4.78 is 0. The highest BCUT2D eigenvalue weighted by Gasteiger charge is 2.09. The van der Waals surface area contributed by atoms with E-state index in [-0.39, 0.29) is 11.6 Å². The van der Waals surface area contributed by atoms with Crippen LogP contribution in [0.5, 0.6) is 0 Å². The molecule has 24 heavy (non-hydrogen) atoms. The number of anilines is 1. The first-order chi connectivity index (χ1) is 11.6. The molecule has 0 bridgehead atoms. The van der Waals surface area contributed by atoms with Crippen LogP contribution in [0.15, 0.2) is 24.3 Å². The Labute approximate surface area is 141 Å². The van der Waals surface area contributed by atoms with Gasteiger partial charge in [-0.1, -0.05) is 0 Å². The number of hydrogen-bond acceptors (Lipinski definition) is 6. The third-order valence-corrected chi connectivity index (χ3v) is 3.95. The second-order valence-corrected chi connectivity index (χ2v) is 5.78. The van der Waals surface area contributed by atoms with E-state index >= 15 is 0 Å². The number of nitro groups is 1. The summed E-state index contributed by atoms with van der Waals surface area (Å²) in [6, 6.07) is 6.27. The summed E-state index contributed by atoms with van der Waals surface area (Å²) in [5, 5.41) is 20.0. The highest BCUT2D eigenvalue weighted by atomic mass is 16.6. The van der Waals surface area contributed by atoms with Gasteiger partial charge in [-0.05, 0) is 18.6 Å². The van der Waals surface area contributed by atoms with E-state index in [0.717, 1.165) is 44.8 Å². The van der Waals surface area contributed by atoms with Crippen LogP contribution in [0.1, 0.15) is 12.8 Å². The third-order valence-electron chi connectivity index (χ3n) is 3.95. The molecule has 0 unspecified atom stereocenters. The molecule has 1 saturated heterocycles. The lowest BCUT2D eigenvalue weighted by Gasteiger charge is -2.27. The summed E-state index contributed by atoms with van der Waals surface area (Å²) in [5.41, 5.74) is 0.893. The van der Waals surface area contributed by atoms with E-state index in [2.05, 4.69) is 20.9 Å². The van der Waals surface area contributed by atoms with Gasteiger partial charge in [0.05, 0.1) is 4.92 Å². The maximum atomic E-state index is 11.8. The molecule has 1 aromatic rings. The van der Waals surface area contributed by atoms with E-state index in [1.807, 2.05) is 0 Å². The minimum Gasteiger partial charge on any atom is -0.385 e. The predicted molar refractivity (Wildman–Crippen MR) is 93.1 cm³/mol. The van der Waals surface area contributed by atoms with Gasteiger partial charge in [0.2, 0.25) is 5.91 Å². The molecule has 0 atom stereocenters. The summed E-state index contributed by atoms with van der Waals surface area (Å²) in [6.45, 7) is 6.35. The Balaban J connectivity index is 1.53. The first-order valence-corrected chi connectivity index (χ1v) is 8.33. The number of hydrogen-bond donors (Lipinski definition) is 3. The predicted octanol–water partition coefficient (Wildman–Crippen LogP) is 0.808. The van der Waals surface area contributed by atoms with Crippen LogP contribution < -0.4 is 16.0 Å². The van der Waals surface area contributed by atoms with E-state index < -0.39 is 4.92 Å². The van der Waals surface area contributed by atoms with Crippen molar-refractivity contribution in [3.63, 3.8) is 0 Å². The Hall–Kier alpha value is -2.19. The average Bonchev–Trinajstić information content (AvgIpc) is 2.60. The zero-order chi connectivity index (χ0) is 17.2. The van der Waals surface area contributed by atoms with Gasteiger partial charge in [-0.3, -0.25) is 19.8 Å². The van der Waals surface area contributed by atoms with Crippen LogP contribution in [0.25, 0.3) is 0 Å². The van der Waals surface area contributed by atoms with Crippen LogP contribution in [0.2, 0.25) is 0 Å². The van der Waals surface area contributed by atoms with Crippen LogP contribution >= 0.6 is 0 Å². The number of amides is 1. The molecule has 2 rings (SSSR count). The van der Waals surface area contributed by atoms with Crippen molar-refractivity contribution in [3.05, 3.63) is 34.4 Å². The van der Waals surface area contributed by atoms with Crippen molar-refractivity contribution in [1.29, 1.82) is 0 Å². The molecule has 3 N–H and O–H groups in total. The van der Waals surface area contributed by atoms with Crippen molar-refractivity contribution in [2.45, 2.75) is 12.8 Å². The van der Waals surface area contributed by atoms with Gasteiger partial charge < -0.3 is 16.0 Å². The Morgan fingerprint density at radius 3 is 2.58 bits per heavy atom. The first-order valence-electron chi connectivity index (χ1n) is 8.33. The minimum atomic E-state index is -0.422. The van der Waals surface area contributed by atoms with Gasteiger partial charge in [-0.25, -0.2) is 0 Å². The molecule has 1 heterocycles.